The Bertz CT molecular complexity index is 709. The Morgan fingerprint density at radius 3 is 2.33 bits per heavy atom. The maximum atomic E-state index is 14.9. The van der Waals surface area contributed by atoms with Crippen molar-refractivity contribution in [3.05, 3.63) is 41.7 Å². The van der Waals surface area contributed by atoms with Crippen LogP contribution in [0, 0.1) is 5.82 Å². The van der Waals surface area contributed by atoms with E-state index in [1.807, 2.05) is 47.6 Å². The molecule has 0 saturated carbocycles. The van der Waals surface area contributed by atoms with E-state index in [4.69, 9.17) is 14.0 Å². The lowest BCUT2D eigenvalue weighted by atomic mass is 9.75. The van der Waals surface area contributed by atoms with Gasteiger partial charge in [-0.2, -0.15) is 0 Å². The summed E-state index contributed by atoms with van der Waals surface area (Å²) >= 11 is 0. The minimum Gasteiger partial charge on any atom is -0.463 e. The molecule has 0 amide bonds. The van der Waals surface area contributed by atoms with Gasteiger partial charge in [0.2, 0.25) is 0 Å². The molecule has 0 atom stereocenters. The second kappa shape index (κ2) is 7.76. The average Bonchev–Trinajstić information content (AvgIpc) is 2.75. The number of carbonyl (C=O) groups is 1. The number of benzene rings is 1. The Balaban J connectivity index is 2.15. The molecule has 1 heterocycles. The fraction of sp³-hybridized carbons (Fsp3) is 0.571. The van der Waals surface area contributed by atoms with Crippen LogP contribution in [0.3, 0.4) is 0 Å². The molecule has 6 heteroatoms. The molecule has 4 nitrogen and oxygen atoms in total. The van der Waals surface area contributed by atoms with Gasteiger partial charge in [0.25, 0.3) is 0 Å². The van der Waals surface area contributed by atoms with Gasteiger partial charge in [0, 0.05) is 6.08 Å². The van der Waals surface area contributed by atoms with Gasteiger partial charge in [-0.1, -0.05) is 32.1 Å². The van der Waals surface area contributed by atoms with Crippen LogP contribution in [-0.2, 0) is 24.3 Å². The van der Waals surface area contributed by atoms with Crippen LogP contribution >= 0.6 is 0 Å². The van der Waals surface area contributed by atoms with Gasteiger partial charge < -0.3 is 14.0 Å². The molecule has 148 valence electrons. The minimum atomic E-state index is -0.592. The highest BCUT2D eigenvalue weighted by atomic mass is 19.1. The number of hydrogen-bond donors (Lipinski definition) is 0. The molecular formula is C21H30BFO4. The molecular weight excluding hydrogens is 346 g/mol. The summed E-state index contributed by atoms with van der Waals surface area (Å²) in [7, 11) is -0.592. The van der Waals surface area contributed by atoms with E-state index in [0.717, 1.165) is 0 Å². The number of esters is 1. The molecule has 0 unspecified atom stereocenters. The molecule has 1 aromatic carbocycles. The van der Waals surface area contributed by atoms with Crippen LogP contribution < -0.4 is 5.46 Å². The molecule has 1 saturated heterocycles. The van der Waals surface area contributed by atoms with Gasteiger partial charge in [0.15, 0.2) is 0 Å². The first kappa shape index (κ1) is 21.6. The van der Waals surface area contributed by atoms with Crippen molar-refractivity contribution in [1.29, 1.82) is 0 Å². The Morgan fingerprint density at radius 2 is 1.81 bits per heavy atom. The monoisotopic (exact) mass is 376 g/mol. The van der Waals surface area contributed by atoms with Gasteiger partial charge in [0.05, 0.1) is 17.8 Å². The number of carbonyl (C=O) groups excluding carboxylic acids is 1. The second-order valence-corrected chi connectivity index (χ2v) is 8.57. The maximum absolute atomic E-state index is 14.9. The molecule has 0 spiro atoms. The Morgan fingerprint density at radius 1 is 1.22 bits per heavy atom. The van der Waals surface area contributed by atoms with Crippen LogP contribution in [-0.4, -0.2) is 30.9 Å². The molecule has 1 aromatic rings. The fourth-order valence-electron chi connectivity index (χ4n) is 2.96. The molecule has 1 aliphatic rings. The van der Waals surface area contributed by atoms with Gasteiger partial charge in [-0.15, -0.1) is 0 Å². The number of allylic oxidation sites excluding steroid dienone is 1. The first-order chi connectivity index (χ1) is 12.4. The third-order valence-electron chi connectivity index (χ3n) is 5.42. The van der Waals surface area contributed by atoms with E-state index in [0.29, 0.717) is 24.1 Å². The zero-order valence-electron chi connectivity index (χ0n) is 17.4. The molecule has 0 radical (unpaired) electrons. The topological polar surface area (TPSA) is 44.8 Å². The second-order valence-electron chi connectivity index (χ2n) is 8.57. The van der Waals surface area contributed by atoms with Gasteiger partial charge >= 0.3 is 13.1 Å². The number of ether oxygens (including phenoxy) is 1. The summed E-state index contributed by atoms with van der Waals surface area (Å²) in [6, 6.07) is 5.10. The third-order valence-corrected chi connectivity index (χ3v) is 5.42. The third kappa shape index (κ3) is 4.80. The largest absolute Gasteiger partial charge is 0.494 e. The highest BCUT2D eigenvalue weighted by Gasteiger charge is 2.51. The van der Waals surface area contributed by atoms with Crippen molar-refractivity contribution in [3.63, 3.8) is 0 Å². The smallest absolute Gasteiger partial charge is 0.463 e. The van der Waals surface area contributed by atoms with E-state index >= 15 is 0 Å². The predicted molar refractivity (Wildman–Crippen MR) is 106 cm³/mol. The number of rotatable bonds is 6. The normalized spacial score (nSPS) is 18.9. The van der Waals surface area contributed by atoms with E-state index in [2.05, 4.69) is 0 Å². The van der Waals surface area contributed by atoms with E-state index in [-0.39, 0.29) is 11.8 Å². The highest BCUT2D eigenvalue weighted by molar-refractivity contribution is 6.62. The first-order valence-corrected chi connectivity index (χ1v) is 9.38. The standard InChI is InChI=1S/C21H30BFO4/c1-8-25-18(24)10-9-13-19(2,3)16-12-11-15(14-17(16)23)22-26-20(4,5)21(6,7)27-22/h9-12,14H,8,13H2,1-7H3/b10-9+. The lowest BCUT2D eigenvalue weighted by Gasteiger charge is -2.32. The molecule has 1 fully saturated rings. The van der Waals surface area contributed by atoms with Crippen LogP contribution in [0.1, 0.15) is 60.5 Å². The van der Waals surface area contributed by atoms with Crippen molar-refractivity contribution in [2.75, 3.05) is 6.61 Å². The molecule has 1 aliphatic heterocycles. The summed E-state index contributed by atoms with van der Waals surface area (Å²) in [5.41, 5.74) is -0.167. The molecule has 2 rings (SSSR count). The van der Waals surface area contributed by atoms with Gasteiger partial charge in [0.1, 0.15) is 5.82 Å². The number of hydrogen-bond acceptors (Lipinski definition) is 4. The van der Waals surface area contributed by atoms with E-state index in [1.165, 1.54) is 12.1 Å². The SMILES string of the molecule is CCOC(=O)/C=C/CC(C)(C)c1ccc(B2OC(C)(C)C(C)(C)O2)cc1F. The Hall–Kier alpha value is -1.66. The van der Waals surface area contributed by atoms with E-state index in [1.54, 1.807) is 19.1 Å². The summed E-state index contributed by atoms with van der Waals surface area (Å²) in [5, 5.41) is 0. The van der Waals surface area contributed by atoms with Crippen molar-refractivity contribution in [1.82, 2.24) is 0 Å². The molecule has 0 aliphatic carbocycles. The van der Waals surface area contributed by atoms with Crippen molar-refractivity contribution in [2.24, 2.45) is 0 Å². The Labute approximate surface area is 162 Å². The molecule has 0 aromatic heterocycles. The van der Waals surface area contributed by atoms with Crippen LogP contribution in [0.15, 0.2) is 30.4 Å². The van der Waals surface area contributed by atoms with Crippen molar-refractivity contribution in [2.45, 2.75) is 71.5 Å². The average molecular weight is 376 g/mol. The predicted octanol–water partition coefficient (Wildman–Crippen LogP) is 3.91. The quantitative estimate of drug-likeness (QED) is 0.429. The molecule has 0 N–H and O–H groups in total. The van der Waals surface area contributed by atoms with E-state index in [9.17, 15) is 9.18 Å². The lowest BCUT2D eigenvalue weighted by molar-refractivity contribution is -0.137. The van der Waals surface area contributed by atoms with Crippen LogP contribution in [0.5, 0.6) is 0 Å². The van der Waals surface area contributed by atoms with Gasteiger partial charge in [-0.25, -0.2) is 9.18 Å². The van der Waals surface area contributed by atoms with Crippen LogP contribution in [0.4, 0.5) is 4.39 Å². The van der Waals surface area contributed by atoms with Crippen LogP contribution in [0.25, 0.3) is 0 Å². The first-order valence-electron chi connectivity index (χ1n) is 9.38. The molecule has 27 heavy (non-hydrogen) atoms. The summed E-state index contributed by atoms with van der Waals surface area (Å²) in [6.45, 7) is 13.8. The maximum Gasteiger partial charge on any atom is 0.494 e. The molecule has 0 bridgehead atoms. The minimum absolute atomic E-state index is 0.309. The van der Waals surface area contributed by atoms with Crippen molar-refractivity contribution in [3.8, 4) is 0 Å². The van der Waals surface area contributed by atoms with E-state index < -0.39 is 23.7 Å². The number of halogens is 1. The summed E-state index contributed by atoms with van der Waals surface area (Å²) in [6.07, 6.45) is 3.63. The summed E-state index contributed by atoms with van der Waals surface area (Å²) in [4.78, 5) is 11.4. The summed E-state index contributed by atoms with van der Waals surface area (Å²) in [5.74, 6) is -0.693. The van der Waals surface area contributed by atoms with Crippen molar-refractivity contribution >= 4 is 18.6 Å². The van der Waals surface area contributed by atoms with Crippen LogP contribution in [0.2, 0.25) is 0 Å². The zero-order valence-corrected chi connectivity index (χ0v) is 17.4. The van der Waals surface area contributed by atoms with Crippen molar-refractivity contribution < 1.29 is 23.2 Å². The van der Waals surface area contributed by atoms with Gasteiger partial charge in [-0.3, -0.25) is 0 Å². The zero-order chi connectivity index (χ0) is 20.5. The fourth-order valence-corrected chi connectivity index (χ4v) is 2.96. The highest BCUT2D eigenvalue weighted by Crippen LogP contribution is 2.37. The van der Waals surface area contributed by atoms with Gasteiger partial charge in [-0.05, 0) is 63.5 Å². The summed E-state index contributed by atoms with van der Waals surface area (Å²) < 4.78 is 31.7. The Kier molecular flexibility index (Phi) is 6.22. The lowest BCUT2D eigenvalue weighted by Crippen LogP contribution is -2.41.